The fourth-order valence-electron chi connectivity index (χ4n) is 2.83. The number of hydrogen-bond acceptors (Lipinski definition) is 1. The summed E-state index contributed by atoms with van der Waals surface area (Å²) in [6.45, 7) is 7.90. The average molecular weight is 254 g/mol. The molecule has 0 radical (unpaired) electrons. The highest BCUT2D eigenvalue weighted by atomic mass is 28.3. The number of hydrogen-bond donors (Lipinski definition) is 0. The maximum absolute atomic E-state index is 5.95. The van der Waals surface area contributed by atoms with Gasteiger partial charge in [-0.2, -0.15) is 0 Å². The molecule has 0 saturated heterocycles. The van der Waals surface area contributed by atoms with Crippen LogP contribution >= 0.6 is 0 Å². The van der Waals surface area contributed by atoms with E-state index >= 15 is 0 Å². The van der Waals surface area contributed by atoms with Crippen molar-refractivity contribution in [2.24, 2.45) is 0 Å². The van der Waals surface area contributed by atoms with Gasteiger partial charge >= 0.3 is 0 Å². The van der Waals surface area contributed by atoms with Gasteiger partial charge in [-0.05, 0) is 12.8 Å². The molecule has 1 rings (SSSR count). The molecule has 2 heteroatoms. The zero-order chi connectivity index (χ0) is 12.6. The molecule has 1 saturated carbocycles. The second-order valence-corrected chi connectivity index (χ2v) is 10.6. The molecule has 0 aromatic heterocycles. The Hall–Kier alpha value is -0.0831. The van der Waals surface area contributed by atoms with E-state index in [0.29, 0.717) is 6.10 Å². The topological polar surface area (TPSA) is 9.23 Å². The van der Waals surface area contributed by atoms with E-state index in [1.165, 1.54) is 50.2 Å². The fourth-order valence-corrected chi connectivity index (χ4v) is 5.63. The quantitative estimate of drug-likeness (QED) is 0.585. The van der Waals surface area contributed by atoms with Crippen LogP contribution in [0.3, 0.4) is 0 Å². The van der Waals surface area contributed by atoms with Gasteiger partial charge < -0.3 is 4.74 Å². The van der Waals surface area contributed by atoms with E-state index in [9.17, 15) is 0 Å². The van der Waals surface area contributed by atoms with Crippen LogP contribution < -0.4 is 0 Å². The average Bonchev–Trinajstić information content (AvgIpc) is 2.41. The van der Waals surface area contributed by atoms with Crippen molar-refractivity contribution in [3.05, 3.63) is 11.8 Å². The summed E-state index contributed by atoms with van der Waals surface area (Å²) in [5.41, 5.74) is 2.54. The van der Waals surface area contributed by atoms with Gasteiger partial charge in [0, 0.05) is 0 Å². The van der Waals surface area contributed by atoms with Gasteiger partial charge in [0.05, 0.1) is 20.8 Å². The molecule has 1 aliphatic carbocycles. The van der Waals surface area contributed by atoms with Crippen molar-refractivity contribution in [3.63, 3.8) is 0 Å². The van der Waals surface area contributed by atoms with Gasteiger partial charge in [-0.3, -0.25) is 0 Å². The molecule has 0 aliphatic heterocycles. The molecular weight excluding hydrogens is 224 g/mol. The summed E-state index contributed by atoms with van der Waals surface area (Å²) in [6, 6.07) is 4.12. The maximum atomic E-state index is 5.95. The zero-order valence-corrected chi connectivity index (χ0v) is 13.0. The van der Waals surface area contributed by atoms with Gasteiger partial charge in [0.2, 0.25) is 0 Å². The number of rotatable bonds is 7. The highest BCUT2D eigenvalue weighted by Gasteiger charge is 2.22. The summed E-state index contributed by atoms with van der Waals surface area (Å²) in [4.78, 5) is 0. The minimum atomic E-state index is -1.06. The lowest BCUT2D eigenvalue weighted by atomic mass is 9.98. The first-order valence-corrected chi connectivity index (χ1v) is 10.3. The Bertz CT molecular complexity index is 207. The predicted octanol–water partition coefficient (Wildman–Crippen LogP) is 4.94. The van der Waals surface area contributed by atoms with E-state index in [4.69, 9.17) is 4.74 Å². The Morgan fingerprint density at radius 1 is 1.00 bits per heavy atom. The molecule has 17 heavy (non-hydrogen) atoms. The third-order valence-corrected chi connectivity index (χ3v) is 9.73. The van der Waals surface area contributed by atoms with Crippen molar-refractivity contribution < 1.29 is 4.74 Å². The number of ether oxygens (including phenoxy) is 1. The van der Waals surface area contributed by atoms with Crippen LogP contribution in [-0.4, -0.2) is 20.8 Å². The smallest absolute Gasteiger partial charge is 0.0767 e. The predicted molar refractivity (Wildman–Crippen MR) is 79.2 cm³/mol. The van der Waals surface area contributed by atoms with Gasteiger partial charge in [-0.1, -0.05) is 69.9 Å². The van der Waals surface area contributed by atoms with E-state index < -0.39 is 8.07 Å². The molecule has 0 aromatic carbocycles. The van der Waals surface area contributed by atoms with Crippen molar-refractivity contribution in [2.75, 3.05) is 6.61 Å². The Morgan fingerprint density at radius 2 is 1.59 bits per heavy atom. The van der Waals surface area contributed by atoms with Gasteiger partial charge in [0.1, 0.15) is 0 Å². The van der Waals surface area contributed by atoms with Crippen molar-refractivity contribution in [1.82, 2.24) is 0 Å². The van der Waals surface area contributed by atoms with Crippen LogP contribution in [0.25, 0.3) is 0 Å². The fraction of sp³-hybridized carbons (Fsp3) is 0.867. The Balaban J connectivity index is 2.27. The van der Waals surface area contributed by atoms with E-state index in [2.05, 4.69) is 32.5 Å². The molecule has 0 atom stereocenters. The summed E-state index contributed by atoms with van der Waals surface area (Å²) in [7, 11) is -1.06. The Morgan fingerprint density at radius 3 is 2.12 bits per heavy atom. The molecule has 0 spiro atoms. The summed E-state index contributed by atoms with van der Waals surface area (Å²) in [5.74, 6) is 0. The van der Waals surface area contributed by atoms with Crippen LogP contribution in [0.2, 0.25) is 18.1 Å². The van der Waals surface area contributed by atoms with Gasteiger partial charge in [-0.25, -0.2) is 0 Å². The molecule has 0 aromatic rings. The molecule has 0 bridgehead atoms. The molecule has 1 fully saturated rings. The van der Waals surface area contributed by atoms with Crippen molar-refractivity contribution in [3.8, 4) is 0 Å². The van der Waals surface area contributed by atoms with Crippen LogP contribution in [0, 0.1) is 0 Å². The van der Waals surface area contributed by atoms with Crippen molar-refractivity contribution in [2.45, 2.75) is 77.1 Å². The summed E-state index contributed by atoms with van der Waals surface area (Å²) >= 11 is 0. The SMILES string of the molecule is CC[Si](/C=C/COC1CCCCC1)(CC)CC. The summed E-state index contributed by atoms with van der Waals surface area (Å²) in [5, 5.41) is 0. The molecule has 0 heterocycles. The van der Waals surface area contributed by atoms with E-state index in [-0.39, 0.29) is 0 Å². The lowest BCUT2D eigenvalue weighted by Crippen LogP contribution is -2.28. The lowest BCUT2D eigenvalue weighted by molar-refractivity contribution is 0.0466. The largest absolute Gasteiger partial charge is 0.374 e. The second kappa shape index (κ2) is 8.10. The Kier molecular flexibility index (Phi) is 7.13. The van der Waals surface area contributed by atoms with Gasteiger partial charge in [0.25, 0.3) is 0 Å². The first-order valence-electron chi connectivity index (χ1n) is 7.55. The maximum Gasteiger partial charge on any atom is 0.0767 e. The third-order valence-electron chi connectivity index (χ3n) is 4.56. The lowest BCUT2D eigenvalue weighted by Gasteiger charge is -2.24. The first kappa shape index (κ1) is 15.0. The molecule has 100 valence electrons. The van der Waals surface area contributed by atoms with Crippen LogP contribution in [0.1, 0.15) is 52.9 Å². The Labute approximate surface area is 109 Å². The van der Waals surface area contributed by atoms with Crippen LogP contribution in [0.4, 0.5) is 0 Å². The first-order chi connectivity index (χ1) is 8.26. The van der Waals surface area contributed by atoms with Crippen LogP contribution in [0.5, 0.6) is 0 Å². The van der Waals surface area contributed by atoms with Crippen molar-refractivity contribution >= 4 is 8.07 Å². The third kappa shape index (κ3) is 4.97. The highest BCUT2D eigenvalue weighted by Crippen LogP contribution is 2.22. The molecule has 1 nitrogen and oxygen atoms in total. The molecule has 0 N–H and O–H groups in total. The minimum Gasteiger partial charge on any atom is -0.374 e. The normalized spacial score (nSPS) is 19.0. The van der Waals surface area contributed by atoms with Gasteiger partial charge in [-0.15, -0.1) is 0 Å². The molecule has 0 amide bonds. The van der Waals surface area contributed by atoms with Crippen LogP contribution in [-0.2, 0) is 4.74 Å². The standard InChI is InChI=1S/C15H30OSi/c1-4-17(5-2,6-3)14-10-13-16-15-11-8-7-9-12-15/h10,14-15H,4-9,11-13H2,1-3H3/b14-10+. The summed E-state index contributed by atoms with van der Waals surface area (Å²) < 4.78 is 5.95. The zero-order valence-electron chi connectivity index (χ0n) is 12.0. The van der Waals surface area contributed by atoms with E-state index in [1.54, 1.807) is 0 Å². The monoisotopic (exact) mass is 254 g/mol. The molecule has 1 aliphatic rings. The van der Waals surface area contributed by atoms with Crippen molar-refractivity contribution in [1.29, 1.82) is 0 Å². The second-order valence-electron chi connectivity index (χ2n) is 5.42. The molecule has 0 unspecified atom stereocenters. The highest BCUT2D eigenvalue weighted by molar-refractivity contribution is 6.84. The van der Waals surface area contributed by atoms with E-state index in [1.807, 2.05) is 0 Å². The van der Waals surface area contributed by atoms with Crippen LogP contribution in [0.15, 0.2) is 11.8 Å². The minimum absolute atomic E-state index is 0.550. The van der Waals surface area contributed by atoms with E-state index in [0.717, 1.165) is 6.61 Å². The summed E-state index contributed by atoms with van der Waals surface area (Å²) in [6.07, 6.45) is 9.58. The molecular formula is C15H30OSi. The van der Waals surface area contributed by atoms with Gasteiger partial charge in [0.15, 0.2) is 0 Å².